The van der Waals surface area contributed by atoms with E-state index in [1.54, 1.807) is 0 Å². The zero-order chi connectivity index (χ0) is 13.8. The lowest BCUT2D eigenvalue weighted by Crippen LogP contribution is -2.40. The van der Waals surface area contributed by atoms with E-state index in [1.165, 1.54) is 24.0 Å². The maximum atomic E-state index is 12.7. The fourth-order valence-electron chi connectivity index (χ4n) is 2.94. The average molecular weight is 279 g/mol. The largest absolute Gasteiger partial charge is 0.313 e. The molecule has 0 heterocycles. The zero-order valence-corrected chi connectivity index (χ0v) is 13.1. The van der Waals surface area contributed by atoms with Crippen molar-refractivity contribution in [3.05, 3.63) is 29.3 Å². The van der Waals surface area contributed by atoms with E-state index < -0.39 is 10.8 Å². The summed E-state index contributed by atoms with van der Waals surface area (Å²) in [6.45, 7) is 7.29. The SMILES string of the molecule is CCNC(CC)C(C)S(=O)c1ccc2c(c1)CCC2. The van der Waals surface area contributed by atoms with Crippen LogP contribution < -0.4 is 5.32 Å². The van der Waals surface area contributed by atoms with Crippen molar-refractivity contribution in [3.63, 3.8) is 0 Å². The number of rotatable bonds is 6. The Bertz CT molecular complexity index is 458. The molecule has 2 rings (SSSR count). The molecule has 3 unspecified atom stereocenters. The van der Waals surface area contributed by atoms with Crippen LogP contribution in [0.25, 0.3) is 0 Å². The topological polar surface area (TPSA) is 29.1 Å². The van der Waals surface area contributed by atoms with E-state index in [0.29, 0.717) is 6.04 Å². The van der Waals surface area contributed by atoms with Crippen molar-refractivity contribution in [2.75, 3.05) is 6.54 Å². The number of hydrogen-bond acceptors (Lipinski definition) is 2. The van der Waals surface area contributed by atoms with Crippen LogP contribution in [-0.4, -0.2) is 22.0 Å². The number of fused-ring (bicyclic) bond motifs is 1. The second-order valence-electron chi connectivity index (χ2n) is 5.36. The molecule has 0 saturated carbocycles. The van der Waals surface area contributed by atoms with E-state index in [0.717, 1.165) is 24.3 Å². The van der Waals surface area contributed by atoms with E-state index in [1.807, 2.05) is 0 Å². The van der Waals surface area contributed by atoms with Crippen molar-refractivity contribution >= 4 is 10.8 Å². The maximum absolute atomic E-state index is 12.7. The van der Waals surface area contributed by atoms with Crippen molar-refractivity contribution in [1.29, 1.82) is 0 Å². The molecule has 0 fully saturated rings. The third-order valence-corrected chi connectivity index (χ3v) is 5.84. The van der Waals surface area contributed by atoms with Gasteiger partial charge >= 0.3 is 0 Å². The predicted molar refractivity (Wildman–Crippen MR) is 82.1 cm³/mol. The smallest absolute Gasteiger partial charge is 0.0573 e. The molecule has 0 saturated heterocycles. The summed E-state index contributed by atoms with van der Waals surface area (Å²) in [6.07, 6.45) is 4.60. The van der Waals surface area contributed by atoms with Crippen molar-refractivity contribution in [2.45, 2.75) is 62.6 Å². The quantitative estimate of drug-likeness (QED) is 0.867. The lowest BCUT2D eigenvalue weighted by Gasteiger charge is -2.23. The summed E-state index contributed by atoms with van der Waals surface area (Å²) >= 11 is 0. The average Bonchev–Trinajstić information content (AvgIpc) is 2.90. The van der Waals surface area contributed by atoms with Gasteiger partial charge in [-0.25, -0.2) is 0 Å². The highest BCUT2D eigenvalue weighted by Gasteiger charge is 2.23. The molecule has 3 atom stereocenters. The van der Waals surface area contributed by atoms with Crippen molar-refractivity contribution in [3.8, 4) is 0 Å². The molecule has 2 nitrogen and oxygen atoms in total. The molecule has 0 aromatic heterocycles. The Kier molecular flexibility index (Phi) is 5.17. The summed E-state index contributed by atoms with van der Waals surface area (Å²) in [5, 5.41) is 3.60. The van der Waals surface area contributed by atoms with Gasteiger partial charge in [0.2, 0.25) is 0 Å². The maximum Gasteiger partial charge on any atom is 0.0573 e. The fraction of sp³-hybridized carbons (Fsp3) is 0.625. The number of benzene rings is 1. The van der Waals surface area contributed by atoms with Gasteiger partial charge in [-0.05, 0) is 62.4 Å². The van der Waals surface area contributed by atoms with Gasteiger partial charge in [0.05, 0.1) is 16.0 Å². The van der Waals surface area contributed by atoms with Gasteiger partial charge in [0.15, 0.2) is 0 Å². The van der Waals surface area contributed by atoms with Gasteiger partial charge < -0.3 is 5.32 Å². The van der Waals surface area contributed by atoms with E-state index in [-0.39, 0.29) is 5.25 Å². The lowest BCUT2D eigenvalue weighted by atomic mass is 10.1. The van der Waals surface area contributed by atoms with Gasteiger partial charge in [-0.2, -0.15) is 0 Å². The molecule has 1 aromatic rings. The highest BCUT2D eigenvalue weighted by atomic mass is 32.2. The molecule has 1 aromatic carbocycles. The summed E-state index contributed by atoms with van der Waals surface area (Å²) in [5.41, 5.74) is 2.86. The monoisotopic (exact) mass is 279 g/mol. The molecular formula is C16H25NOS. The Labute approximate surface area is 119 Å². The van der Waals surface area contributed by atoms with Crippen LogP contribution in [0.1, 0.15) is 44.7 Å². The van der Waals surface area contributed by atoms with Crippen LogP contribution >= 0.6 is 0 Å². The fourth-order valence-corrected chi connectivity index (χ4v) is 4.42. The first-order valence-corrected chi connectivity index (χ1v) is 8.64. The van der Waals surface area contributed by atoms with Gasteiger partial charge in [0.25, 0.3) is 0 Å². The first kappa shape index (κ1) is 14.7. The highest BCUT2D eigenvalue weighted by molar-refractivity contribution is 7.85. The third kappa shape index (κ3) is 3.26. The standard InChI is InChI=1S/C16H25NOS/c1-4-16(17-5-2)12(3)19(18)15-10-9-13-7-6-8-14(13)11-15/h9-12,16-17H,4-8H2,1-3H3. The molecule has 19 heavy (non-hydrogen) atoms. The Morgan fingerprint density at radius 3 is 2.68 bits per heavy atom. The molecule has 1 aliphatic rings. The molecular weight excluding hydrogens is 254 g/mol. The van der Waals surface area contributed by atoms with E-state index in [9.17, 15) is 4.21 Å². The van der Waals surface area contributed by atoms with Crippen molar-refractivity contribution in [1.82, 2.24) is 5.32 Å². The third-order valence-electron chi connectivity index (χ3n) is 4.11. The van der Waals surface area contributed by atoms with Crippen LogP contribution in [0.5, 0.6) is 0 Å². The molecule has 106 valence electrons. The number of hydrogen-bond donors (Lipinski definition) is 1. The first-order chi connectivity index (χ1) is 9.17. The van der Waals surface area contributed by atoms with Gasteiger partial charge in [-0.1, -0.05) is 19.9 Å². The predicted octanol–water partition coefficient (Wildman–Crippen LogP) is 3.06. The number of nitrogens with one attached hydrogen (secondary N) is 1. The molecule has 0 spiro atoms. The van der Waals surface area contributed by atoms with Crippen LogP contribution in [0.4, 0.5) is 0 Å². The van der Waals surface area contributed by atoms with Gasteiger partial charge in [-0.15, -0.1) is 0 Å². The Morgan fingerprint density at radius 1 is 1.26 bits per heavy atom. The molecule has 0 radical (unpaired) electrons. The molecule has 0 bridgehead atoms. The molecule has 3 heteroatoms. The summed E-state index contributed by atoms with van der Waals surface area (Å²) in [7, 11) is -0.914. The van der Waals surface area contributed by atoms with Gasteiger partial charge in [0, 0.05) is 10.9 Å². The van der Waals surface area contributed by atoms with E-state index >= 15 is 0 Å². The normalized spacial score (nSPS) is 18.9. The minimum Gasteiger partial charge on any atom is -0.313 e. The van der Waals surface area contributed by atoms with Crippen LogP contribution in [0, 0.1) is 0 Å². The Hall–Kier alpha value is -0.670. The number of aryl methyl sites for hydroxylation is 2. The van der Waals surface area contributed by atoms with Gasteiger partial charge in [-0.3, -0.25) is 4.21 Å². The summed E-state index contributed by atoms with van der Waals surface area (Å²) in [6, 6.07) is 6.75. The van der Waals surface area contributed by atoms with E-state index in [4.69, 9.17) is 0 Å². The van der Waals surface area contributed by atoms with Crippen LogP contribution in [0.2, 0.25) is 0 Å². The highest BCUT2D eigenvalue weighted by Crippen LogP contribution is 2.25. The molecule has 0 aliphatic heterocycles. The van der Waals surface area contributed by atoms with Crippen LogP contribution in [0.15, 0.2) is 23.1 Å². The molecule has 1 N–H and O–H groups in total. The molecule has 1 aliphatic carbocycles. The minimum absolute atomic E-state index is 0.157. The summed E-state index contributed by atoms with van der Waals surface area (Å²) in [4.78, 5) is 1.00. The van der Waals surface area contributed by atoms with Crippen LogP contribution in [0.3, 0.4) is 0 Å². The van der Waals surface area contributed by atoms with Gasteiger partial charge in [0.1, 0.15) is 0 Å². The second-order valence-corrected chi connectivity index (χ2v) is 7.17. The minimum atomic E-state index is -0.914. The summed E-state index contributed by atoms with van der Waals surface area (Å²) in [5.74, 6) is 0. The van der Waals surface area contributed by atoms with Crippen LogP contribution in [-0.2, 0) is 23.6 Å². The van der Waals surface area contributed by atoms with E-state index in [2.05, 4.69) is 44.3 Å². The first-order valence-electron chi connectivity index (χ1n) is 7.43. The molecule has 0 amide bonds. The Morgan fingerprint density at radius 2 is 2.00 bits per heavy atom. The second kappa shape index (κ2) is 6.67. The van der Waals surface area contributed by atoms with Crippen molar-refractivity contribution in [2.24, 2.45) is 0 Å². The summed E-state index contributed by atoms with van der Waals surface area (Å²) < 4.78 is 12.7. The van der Waals surface area contributed by atoms with Crippen molar-refractivity contribution < 1.29 is 4.21 Å². The lowest BCUT2D eigenvalue weighted by molar-refractivity contribution is 0.500. The zero-order valence-electron chi connectivity index (χ0n) is 12.2. The Balaban J connectivity index is 2.14.